The molecule has 0 unspecified atom stereocenters. The minimum Gasteiger partial charge on any atom is -0.457 e. The Hall–Kier alpha value is -3.31. The molecule has 5 nitrogen and oxygen atoms in total. The lowest BCUT2D eigenvalue weighted by Gasteiger charge is -2.11. The van der Waals surface area contributed by atoms with Gasteiger partial charge in [0.25, 0.3) is 5.91 Å². The molecule has 5 heteroatoms. The van der Waals surface area contributed by atoms with Crippen LogP contribution in [0.2, 0.25) is 0 Å². The number of benzene rings is 2. The number of carbonyl (C=O) groups is 1. The van der Waals surface area contributed by atoms with Gasteiger partial charge in [-0.2, -0.15) is 0 Å². The summed E-state index contributed by atoms with van der Waals surface area (Å²) in [6.45, 7) is 5.04. The molecule has 0 bridgehead atoms. The number of nitrogens with two attached hydrogens (primary N) is 1. The Labute approximate surface area is 184 Å². The zero-order valence-corrected chi connectivity index (χ0v) is 18.4. The first-order valence-corrected chi connectivity index (χ1v) is 10.5. The third kappa shape index (κ3) is 6.09. The monoisotopic (exact) mass is 418 g/mol. The summed E-state index contributed by atoms with van der Waals surface area (Å²) in [7, 11) is 1.67. The summed E-state index contributed by atoms with van der Waals surface area (Å²) in [5.41, 5.74) is 11.8. The van der Waals surface area contributed by atoms with E-state index in [0.717, 1.165) is 34.6 Å². The van der Waals surface area contributed by atoms with Gasteiger partial charge in [-0.3, -0.25) is 4.79 Å². The van der Waals surface area contributed by atoms with Crippen molar-refractivity contribution in [3.63, 3.8) is 0 Å². The van der Waals surface area contributed by atoms with E-state index in [2.05, 4.69) is 12.2 Å². The van der Waals surface area contributed by atoms with Crippen molar-refractivity contribution >= 4 is 5.91 Å². The number of rotatable bonds is 8. The Bertz CT molecular complexity index is 1020. The van der Waals surface area contributed by atoms with Crippen molar-refractivity contribution in [1.29, 1.82) is 0 Å². The third-order valence-corrected chi connectivity index (χ3v) is 5.23. The average molecular weight is 419 g/mol. The molecule has 0 radical (unpaired) electrons. The highest BCUT2D eigenvalue weighted by Gasteiger charge is 2.16. The fourth-order valence-corrected chi connectivity index (χ4v) is 3.49. The van der Waals surface area contributed by atoms with Crippen molar-refractivity contribution in [1.82, 2.24) is 5.32 Å². The number of hydrogen-bond acceptors (Lipinski definition) is 4. The number of carbonyl (C=O) groups excluding carboxylic acids is 1. The van der Waals surface area contributed by atoms with E-state index in [9.17, 15) is 4.79 Å². The summed E-state index contributed by atoms with van der Waals surface area (Å²) in [5, 5.41) is 2.96. The molecule has 0 aromatic heterocycles. The Morgan fingerprint density at radius 2 is 1.87 bits per heavy atom. The predicted octanol–water partition coefficient (Wildman–Crippen LogP) is 4.93. The van der Waals surface area contributed by atoms with Crippen molar-refractivity contribution in [2.24, 2.45) is 5.73 Å². The number of nitrogens with one attached hydrogen (secondary N) is 1. The molecular weight excluding hydrogens is 388 g/mol. The molecular formula is C26H30N2O3. The molecule has 0 heterocycles. The van der Waals surface area contributed by atoms with E-state index < -0.39 is 0 Å². The smallest absolute Gasteiger partial charge is 0.253 e. The second-order valence-electron chi connectivity index (χ2n) is 7.61. The van der Waals surface area contributed by atoms with Gasteiger partial charge in [-0.15, -0.1) is 0 Å². The van der Waals surface area contributed by atoms with Gasteiger partial charge >= 0.3 is 0 Å². The molecule has 0 atom stereocenters. The summed E-state index contributed by atoms with van der Waals surface area (Å²) in [6.07, 6.45) is 5.18. The van der Waals surface area contributed by atoms with Gasteiger partial charge in [-0.25, -0.2) is 0 Å². The van der Waals surface area contributed by atoms with Crippen molar-refractivity contribution in [2.45, 2.75) is 33.2 Å². The van der Waals surface area contributed by atoms with Gasteiger partial charge in [0.05, 0.1) is 12.2 Å². The van der Waals surface area contributed by atoms with Crippen LogP contribution in [0.4, 0.5) is 0 Å². The molecule has 3 N–H and O–H groups in total. The van der Waals surface area contributed by atoms with Gasteiger partial charge < -0.3 is 20.5 Å². The molecule has 0 fully saturated rings. The van der Waals surface area contributed by atoms with Gasteiger partial charge in [-0.1, -0.05) is 42.8 Å². The quantitative estimate of drug-likeness (QED) is 0.638. The summed E-state index contributed by atoms with van der Waals surface area (Å²) in [5.74, 6) is 1.38. The molecule has 0 spiro atoms. The topological polar surface area (TPSA) is 73.6 Å². The normalized spacial score (nSPS) is 13.9. The number of ether oxygens (including phenoxy) is 2. The second kappa shape index (κ2) is 10.6. The maximum Gasteiger partial charge on any atom is 0.253 e. The molecule has 1 aliphatic rings. The number of amides is 1. The lowest BCUT2D eigenvalue weighted by Crippen LogP contribution is -2.26. The lowest BCUT2D eigenvalue weighted by atomic mass is 10.0. The molecule has 1 aliphatic carbocycles. The van der Waals surface area contributed by atoms with Crippen LogP contribution >= 0.6 is 0 Å². The van der Waals surface area contributed by atoms with Gasteiger partial charge in [0.2, 0.25) is 0 Å². The molecule has 0 saturated heterocycles. The SMILES string of the molecule is CCC1=C(COC)C=CC(C(=O)NCc2ccc(Oc3cccc(C)c3)cc2)=C(N)C1. The van der Waals surface area contributed by atoms with Crippen LogP contribution in [-0.4, -0.2) is 19.6 Å². The molecule has 2 aromatic rings. The summed E-state index contributed by atoms with van der Waals surface area (Å²) >= 11 is 0. The highest BCUT2D eigenvalue weighted by molar-refractivity contribution is 5.97. The Morgan fingerprint density at radius 3 is 2.55 bits per heavy atom. The van der Waals surface area contributed by atoms with Crippen LogP contribution in [0.15, 0.2) is 83.1 Å². The van der Waals surface area contributed by atoms with Gasteiger partial charge in [0.1, 0.15) is 11.5 Å². The molecule has 162 valence electrons. The van der Waals surface area contributed by atoms with Crippen LogP contribution < -0.4 is 15.8 Å². The number of allylic oxidation sites excluding steroid dienone is 1. The van der Waals surface area contributed by atoms with E-state index in [1.54, 1.807) is 13.2 Å². The number of aryl methyl sites for hydroxylation is 1. The summed E-state index contributed by atoms with van der Waals surface area (Å²) in [4.78, 5) is 12.8. The fourth-order valence-electron chi connectivity index (χ4n) is 3.49. The standard InChI is InChI=1S/C26H30N2O3/c1-4-20-15-25(27)24(13-10-21(20)17-30-3)26(29)28-16-19-8-11-22(12-9-19)31-23-7-5-6-18(2)14-23/h5-14H,4,15-17,27H2,1-3H3,(H,28,29). The van der Waals surface area contributed by atoms with E-state index in [4.69, 9.17) is 15.2 Å². The van der Waals surface area contributed by atoms with Crippen LogP contribution in [0.3, 0.4) is 0 Å². The molecule has 0 saturated carbocycles. The van der Waals surface area contributed by atoms with Crippen LogP contribution in [0, 0.1) is 6.92 Å². The maximum absolute atomic E-state index is 12.8. The van der Waals surface area contributed by atoms with Crippen LogP contribution in [-0.2, 0) is 16.1 Å². The molecule has 2 aromatic carbocycles. The third-order valence-electron chi connectivity index (χ3n) is 5.23. The Balaban J connectivity index is 1.61. The fraction of sp³-hybridized carbons (Fsp3) is 0.269. The number of methoxy groups -OCH3 is 1. The first-order chi connectivity index (χ1) is 15.0. The highest BCUT2D eigenvalue weighted by Crippen LogP contribution is 2.25. The summed E-state index contributed by atoms with van der Waals surface area (Å²) in [6, 6.07) is 15.6. The van der Waals surface area contributed by atoms with E-state index in [1.807, 2.05) is 61.5 Å². The van der Waals surface area contributed by atoms with E-state index in [1.165, 1.54) is 5.57 Å². The van der Waals surface area contributed by atoms with Crippen LogP contribution in [0.1, 0.15) is 30.9 Å². The maximum atomic E-state index is 12.8. The molecule has 0 aliphatic heterocycles. The molecule has 1 amide bonds. The van der Waals surface area contributed by atoms with Crippen LogP contribution in [0.25, 0.3) is 0 Å². The minimum atomic E-state index is -0.178. The average Bonchev–Trinajstić information content (AvgIpc) is 2.92. The molecule has 3 rings (SSSR count). The largest absolute Gasteiger partial charge is 0.457 e. The van der Waals surface area contributed by atoms with Crippen molar-refractivity contribution in [2.75, 3.05) is 13.7 Å². The minimum absolute atomic E-state index is 0.178. The molecule has 31 heavy (non-hydrogen) atoms. The van der Waals surface area contributed by atoms with Crippen molar-refractivity contribution in [3.05, 3.63) is 94.2 Å². The lowest BCUT2D eigenvalue weighted by molar-refractivity contribution is -0.117. The van der Waals surface area contributed by atoms with Gasteiger partial charge in [0, 0.05) is 25.8 Å². The summed E-state index contributed by atoms with van der Waals surface area (Å²) < 4.78 is 11.2. The zero-order chi connectivity index (χ0) is 22.2. The van der Waals surface area contributed by atoms with Crippen molar-refractivity contribution < 1.29 is 14.3 Å². The van der Waals surface area contributed by atoms with Crippen LogP contribution in [0.5, 0.6) is 11.5 Å². The Kier molecular flexibility index (Phi) is 7.68. The van der Waals surface area contributed by atoms with E-state index in [0.29, 0.717) is 30.8 Å². The Morgan fingerprint density at radius 1 is 1.10 bits per heavy atom. The van der Waals surface area contributed by atoms with Gasteiger partial charge in [-0.05, 0) is 60.4 Å². The first-order valence-electron chi connectivity index (χ1n) is 10.5. The van der Waals surface area contributed by atoms with Crippen molar-refractivity contribution in [3.8, 4) is 11.5 Å². The number of hydrogen-bond donors (Lipinski definition) is 2. The predicted molar refractivity (Wildman–Crippen MR) is 124 cm³/mol. The van der Waals surface area contributed by atoms with E-state index in [-0.39, 0.29) is 5.91 Å². The van der Waals surface area contributed by atoms with Gasteiger partial charge in [0.15, 0.2) is 0 Å². The van der Waals surface area contributed by atoms with E-state index >= 15 is 0 Å². The highest BCUT2D eigenvalue weighted by atomic mass is 16.5. The first kappa shape index (κ1) is 22.4. The zero-order valence-electron chi connectivity index (χ0n) is 18.4. The second-order valence-corrected chi connectivity index (χ2v) is 7.61.